The SMILES string of the molecule is O=C(C=Cc1ccc([N+](=O)[O-])cc1)N1CC=C(c2ccccc2)CC1. The van der Waals surface area contributed by atoms with Crippen LogP contribution in [0.15, 0.2) is 66.7 Å². The van der Waals surface area contributed by atoms with Crippen LogP contribution in [0, 0.1) is 10.1 Å². The van der Waals surface area contributed by atoms with Gasteiger partial charge >= 0.3 is 0 Å². The van der Waals surface area contributed by atoms with E-state index in [1.54, 1.807) is 23.1 Å². The van der Waals surface area contributed by atoms with Crippen LogP contribution in [0.5, 0.6) is 0 Å². The molecule has 0 bridgehead atoms. The van der Waals surface area contributed by atoms with Crippen molar-refractivity contribution in [2.45, 2.75) is 6.42 Å². The zero-order chi connectivity index (χ0) is 17.6. The molecule has 1 amide bonds. The van der Waals surface area contributed by atoms with E-state index < -0.39 is 4.92 Å². The van der Waals surface area contributed by atoms with Gasteiger partial charge in [-0.25, -0.2) is 0 Å². The molecule has 126 valence electrons. The summed E-state index contributed by atoms with van der Waals surface area (Å²) in [5, 5.41) is 10.6. The average molecular weight is 334 g/mol. The molecule has 0 radical (unpaired) electrons. The van der Waals surface area contributed by atoms with Crippen molar-refractivity contribution in [3.05, 3.63) is 88.0 Å². The fraction of sp³-hybridized carbons (Fsp3) is 0.150. The Morgan fingerprint density at radius 2 is 1.80 bits per heavy atom. The second-order valence-corrected chi connectivity index (χ2v) is 5.81. The summed E-state index contributed by atoms with van der Waals surface area (Å²) >= 11 is 0. The number of hydrogen-bond acceptors (Lipinski definition) is 3. The molecule has 1 heterocycles. The minimum atomic E-state index is -0.441. The maximum Gasteiger partial charge on any atom is 0.269 e. The number of non-ortho nitro benzene ring substituents is 1. The predicted octanol–water partition coefficient (Wildman–Crippen LogP) is 3.92. The first-order chi connectivity index (χ1) is 12.1. The minimum Gasteiger partial charge on any atom is -0.335 e. The topological polar surface area (TPSA) is 63.4 Å². The number of carbonyl (C=O) groups excluding carboxylic acids is 1. The molecule has 0 fully saturated rings. The third-order valence-electron chi connectivity index (χ3n) is 4.19. The summed E-state index contributed by atoms with van der Waals surface area (Å²) in [7, 11) is 0. The van der Waals surface area contributed by atoms with Crippen molar-refractivity contribution in [1.29, 1.82) is 0 Å². The first-order valence-corrected chi connectivity index (χ1v) is 8.09. The average Bonchev–Trinajstić information content (AvgIpc) is 2.67. The van der Waals surface area contributed by atoms with E-state index >= 15 is 0 Å². The van der Waals surface area contributed by atoms with E-state index in [9.17, 15) is 14.9 Å². The highest BCUT2D eigenvalue weighted by Crippen LogP contribution is 2.22. The van der Waals surface area contributed by atoms with Crippen LogP contribution in [0.4, 0.5) is 5.69 Å². The largest absolute Gasteiger partial charge is 0.335 e. The molecule has 0 unspecified atom stereocenters. The predicted molar refractivity (Wildman–Crippen MR) is 97.7 cm³/mol. The van der Waals surface area contributed by atoms with E-state index in [0.29, 0.717) is 13.1 Å². The molecule has 5 heteroatoms. The lowest BCUT2D eigenvalue weighted by Crippen LogP contribution is -2.33. The van der Waals surface area contributed by atoms with Crippen LogP contribution in [0.1, 0.15) is 17.5 Å². The molecular formula is C20H18N2O3. The van der Waals surface area contributed by atoms with E-state index in [0.717, 1.165) is 12.0 Å². The number of rotatable bonds is 4. The fourth-order valence-electron chi connectivity index (χ4n) is 2.76. The summed E-state index contributed by atoms with van der Waals surface area (Å²) in [6.45, 7) is 1.28. The quantitative estimate of drug-likeness (QED) is 0.483. The fourth-order valence-corrected chi connectivity index (χ4v) is 2.76. The van der Waals surface area contributed by atoms with Crippen molar-refractivity contribution in [2.24, 2.45) is 0 Å². The van der Waals surface area contributed by atoms with Gasteiger partial charge in [0.1, 0.15) is 0 Å². The number of carbonyl (C=O) groups is 1. The van der Waals surface area contributed by atoms with E-state index in [-0.39, 0.29) is 11.6 Å². The van der Waals surface area contributed by atoms with Crippen LogP contribution in [-0.4, -0.2) is 28.8 Å². The highest BCUT2D eigenvalue weighted by molar-refractivity contribution is 5.92. The van der Waals surface area contributed by atoms with Crippen molar-refractivity contribution in [2.75, 3.05) is 13.1 Å². The summed E-state index contributed by atoms with van der Waals surface area (Å²) < 4.78 is 0. The molecule has 25 heavy (non-hydrogen) atoms. The molecule has 1 aliphatic rings. The Morgan fingerprint density at radius 1 is 1.08 bits per heavy atom. The number of benzene rings is 2. The van der Waals surface area contributed by atoms with Gasteiger partial charge in [0.2, 0.25) is 5.91 Å². The van der Waals surface area contributed by atoms with Crippen LogP contribution in [0.25, 0.3) is 11.6 Å². The van der Waals surface area contributed by atoms with Crippen molar-refractivity contribution in [1.82, 2.24) is 4.90 Å². The van der Waals surface area contributed by atoms with E-state index in [2.05, 4.69) is 18.2 Å². The normalized spacial score (nSPS) is 14.4. The third-order valence-corrected chi connectivity index (χ3v) is 4.19. The number of nitrogens with zero attached hydrogens (tertiary/aromatic N) is 2. The molecule has 0 atom stereocenters. The lowest BCUT2D eigenvalue weighted by Gasteiger charge is -2.25. The molecule has 2 aromatic carbocycles. The molecule has 0 spiro atoms. The zero-order valence-electron chi connectivity index (χ0n) is 13.7. The van der Waals surface area contributed by atoms with Gasteiger partial charge < -0.3 is 4.90 Å². The highest BCUT2D eigenvalue weighted by Gasteiger charge is 2.15. The number of amides is 1. The zero-order valence-corrected chi connectivity index (χ0v) is 13.7. The van der Waals surface area contributed by atoms with Crippen LogP contribution >= 0.6 is 0 Å². The van der Waals surface area contributed by atoms with Gasteiger partial charge in [-0.05, 0) is 41.3 Å². The Morgan fingerprint density at radius 3 is 2.40 bits per heavy atom. The van der Waals surface area contributed by atoms with E-state index in [1.807, 2.05) is 18.2 Å². The number of nitro benzene ring substituents is 1. The Kier molecular flexibility index (Phi) is 5.04. The van der Waals surface area contributed by atoms with Crippen molar-refractivity contribution in [3.63, 3.8) is 0 Å². The van der Waals surface area contributed by atoms with Crippen molar-refractivity contribution < 1.29 is 9.72 Å². The van der Waals surface area contributed by atoms with Gasteiger partial charge in [0, 0.05) is 31.3 Å². The molecule has 0 saturated heterocycles. The van der Waals surface area contributed by atoms with Crippen LogP contribution < -0.4 is 0 Å². The molecule has 0 aromatic heterocycles. The monoisotopic (exact) mass is 334 g/mol. The van der Waals surface area contributed by atoms with Crippen LogP contribution in [0.2, 0.25) is 0 Å². The first-order valence-electron chi connectivity index (χ1n) is 8.09. The molecule has 3 rings (SSSR count). The third kappa shape index (κ3) is 4.20. The first kappa shape index (κ1) is 16.6. The second kappa shape index (κ2) is 7.57. The smallest absolute Gasteiger partial charge is 0.269 e. The Bertz CT molecular complexity index is 824. The van der Waals surface area contributed by atoms with Crippen molar-refractivity contribution >= 4 is 23.2 Å². The molecule has 1 aliphatic heterocycles. The summed E-state index contributed by atoms with van der Waals surface area (Å²) in [5.74, 6) is -0.0540. The highest BCUT2D eigenvalue weighted by atomic mass is 16.6. The number of hydrogen-bond donors (Lipinski definition) is 0. The van der Waals surface area contributed by atoms with Gasteiger partial charge in [-0.1, -0.05) is 36.4 Å². The van der Waals surface area contributed by atoms with E-state index in [4.69, 9.17) is 0 Å². The second-order valence-electron chi connectivity index (χ2n) is 5.81. The van der Waals surface area contributed by atoms with E-state index in [1.165, 1.54) is 29.3 Å². The Hall–Kier alpha value is -3.21. The maximum atomic E-state index is 12.3. The van der Waals surface area contributed by atoms with Gasteiger partial charge in [0.05, 0.1) is 4.92 Å². The molecule has 0 N–H and O–H groups in total. The Labute approximate surface area is 146 Å². The van der Waals surface area contributed by atoms with Gasteiger partial charge in [0.25, 0.3) is 5.69 Å². The lowest BCUT2D eigenvalue weighted by atomic mass is 9.99. The number of nitro groups is 1. The molecule has 5 nitrogen and oxygen atoms in total. The maximum absolute atomic E-state index is 12.3. The molecular weight excluding hydrogens is 316 g/mol. The van der Waals surface area contributed by atoms with Gasteiger partial charge in [0.15, 0.2) is 0 Å². The minimum absolute atomic E-state index is 0.0399. The van der Waals surface area contributed by atoms with Gasteiger partial charge in [-0.3, -0.25) is 14.9 Å². The summed E-state index contributed by atoms with van der Waals surface area (Å²) in [5.41, 5.74) is 3.27. The Balaban J connectivity index is 1.61. The van der Waals surface area contributed by atoms with Crippen LogP contribution in [-0.2, 0) is 4.79 Å². The summed E-state index contributed by atoms with van der Waals surface area (Å²) in [4.78, 5) is 24.3. The molecule has 0 saturated carbocycles. The molecule has 0 aliphatic carbocycles. The van der Waals surface area contributed by atoms with Gasteiger partial charge in [-0.15, -0.1) is 0 Å². The lowest BCUT2D eigenvalue weighted by molar-refractivity contribution is -0.384. The summed E-state index contributed by atoms with van der Waals surface area (Å²) in [6, 6.07) is 16.3. The standard InChI is InChI=1S/C20H18N2O3/c23-20(11-8-16-6-9-19(10-7-16)22(24)25)21-14-12-18(13-15-21)17-4-2-1-3-5-17/h1-12H,13-15H2. The van der Waals surface area contributed by atoms with Crippen LogP contribution in [0.3, 0.4) is 0 Å². The van der Waals surface area contributed by atoms with Gasteiger partial charge in [-0.2, -0.15) is 0 Å². The van der Waals surface area contributed by atoms with Crippen molar-refractivity contribution in [3.8, 4) is 0 Å². The summed E-state index contributed by atoms with van der Waals surface area (Å²) in [6.07, 6.45) is 6.13. The molecule has 2 aromatic rings.